The number of halogens is 3. The summed E-state index contributed by atoms with van der Waals surface area (Å²) >= 11 is 0.823. The number of carbonyl (C=O) groups excluding carboxylic acids is 1. The van der Waals surface area contributed by atoms with Crippen molar-refractivity contribution in [2.45, 2.75) is 6.18 Å². The molecule has 0 saturated carbocycles. The Labute approximate surface area is 137 Å². The molecular formula is C17H9F3O3S. The van der Waals surface area contributed by atoms with Crippen molar-refractivity contribution in [2.75, 3.05) is 0 Å². The molecule has 0 fully saturated rings. The lowest BCUT2D eigenvalue weighted by Crippen LogP contribution is -2.08. The minimum absolute atomic E-state index is 0.0583. The zero-order valence-corrected chi connectivity index (χ0v) is 12.7. The van der Waals surface area contributed by atoms with Crippen molar-refractivity contribution in [1.82, 2.24) is 0 Å². The van der Waals surface area contributed by atoms with E-state index in [0.29, 0.717) is 4.70 Å². The molecule has 24 heavy (non-hydrogen) atoms. The predicted molar refractivity (Wildman–Crippen MR) is 85.6 cm³/mol. The molecule has 3 aromatic rings. The molecule has 1 heterocycles. The summed E-state index contributed by atoms with van der Waals surface area (Å²) in [7, 11) is 0. The summed E-state index contributed by atoms with van der Waals surface area (Å²) in [5.74, 6) is 0. The quantitative estimate of drug-likeness (QED) is 0.694. The molecule has 0 bridgehead atoms. The van der Waals surface area contributed by atoms with Crippen LogP contribution < -0.4 is 5.43 Å². The van der Waals surface area contributed by atoms with Gasteiger partial charge in [-0.25, -0.2) is 0 Å². The number of hydrogen-bond acceptors (Lipinski definition) is 4. The van der Waals surface area contributed by atoms with Crippen molar-refractivity contribution in [3.63, 3.8) is 0 Å². The number of aldehydes is 1. The van der Waals surface area contributed by atoms with Gasteiger partial charge in [-0.15, -0.1) is 0 Å². The summed E-state index contributed by atoms with van der Waals surface area (Å²) in [5.41, 5.74) is -1.76. The van der Waals surface area contributed by atoms with Gasteiger partial charge in [-0.3, -0.25) is 9.59 Å². The molecule has 0 aliphatic carbocycles. The minimum Gasteiger partial charge on any atom is -0.499 e. The Morgan fingerprint density at radius 2 is 1.79 bits per heavy atom. The van der Waals surface area contributed by atoms with Crippen LogP contribution in [-0.2, 0) is 6.18 Å². The number of fused-ring (bicyclic) bond motifs is 1. The van der Waals surface area contributed by atoms with Crippen molar-refractivity contribution in [1.29, 1.82) is 0 Å². The van der Waals surface area contributed by atoms with E-state index in [1.807, 2.05) is 0 Å². The molecule has 0 saturated heterocycles. The molecule has 3 nitrogen and oxygen atoms in total. The molecule has 1 N–H and O–H groups in total. The summed E-state index contributed by atoms with van der Waals surface area (Å²) in [5, 5.41) is 9.35. The van der Waals surface area contributed by atoms with Gasteiger partial charge in [0, 0.05) is 10.1 Å². The topological polar surface area (TPSA) is 54.4 Å². The Hall–Kier alpha value is -2.67. The summed E-state index contributed by atoms with van der Waals surface area (Å²) in [6.07, 6.45) is -4.29. The minimum atomic E-state index is -4.53. The third-order valence-electron chi connectivity index (χ3n) is 3.57. The normalized spacial score (nSPS) is 11.6. The molecule has 0 aliphatic heterocycles. The number of carbonyl (C=O) groups is 1. The first kappa shape index (κ1) is 16.2. The fraction of sp³-hybridized carbons (Fsp3) is 0.0588. The number of benzene rings is 2. The average Bonchev–Trinajstić information content (AvgIpc) is 2.54. The lowest BCUT2D eigenvalue weighted by Gasteiger charge is -2.13. The first-order chi connectivity index (χ1) is 11.3. The van der Waals surface area contributed by atoms with E-state index in [4.69, 9.17) is 0 Å². The van der Waals surface area contributed by atoms with E-state index in [2.05, 4.69) is 0 Å². The molecule has 3 rings (SSSR count). The van der Waals surface area contributed by atoms with Gasteiger partial charge in [0.15, 0.2) is 11.3 Å². The van der Waals surface area contributed by atoms with Crippen LogP contribution in [0.1, 0.15) is 15.9 Å². The number of aromatic hydroxyl groups is 1. The van der Waals surface area contributed by atoms with Crippen molar-refractivity contribution >= 4 is 27.7 Å². The molecule has 7 heteroatoms. The molecule has 0 spiro atoms. The van der Waals surface area contributed by atoms with E-state index in [1.54, 1.807) is 0 Å². The lowest BCUT2D eigenvalue weighted by atomic mass is 9.98. The highest BCUT2D eigenvalue weighted by Crippen LogP contribution is 2.38. The zero-order valence-electron chi connectivity index (χ0n) is 11.9. The molecule has 0 radical (unpaired) electrons. The highest BCUT2D eigenvalue weighted by atomic mass is 32.1. The predicted octanol–water partition coefficient (Wildman–Crippen LogP) is 4.47. The van der Waals surface area contributed by atoms with Crippen LogP contribution in [0.2, 0.25) is 0 Å². The fourth-order valence-electron chi connectivity index (χ4n) is 2.45. The molecule has 122 valence electrons. The third-order valence-corrected chi connectivity index (χ3v) is 4.56. The lowest BCUT2D eigenvalue weighted by molar-refractivity contribution is -0.137. The standard InChI is InChI=1S/C17H9F3O3S/c18-17(19,20)13-4-2-1-3-10(13)9-5-6-14-11(7-9)15(22)12(8-21)16(23)24-14/h1-8,23H. The van der Waals surface area contributed by atoms with Crippen LogP contribution in [0.5, 0.6) is 5.06 Å². The third kappa shape index (κ3) is 2.67. The SMILES string of the molecule is O=Cc1c(O)sc2ccc(-c3ccccc3C(F)(F)F)cc2c1=O. The van der Waals surface area contributed by atoms with Gasteiger partial charge < -0.3 is 5.11 Å². The monoisotopic (exact) mass is 350 g/mol. The Kier molecular flexibility index (Phi) is 3.88. The summed E-state index contributed by atoms with van der Waals surface area (Å²) in [4.78, 5) is 23.2. The highest BCUT2D eigenvalue weighted by Gasteiger charge is 2.33. The Morgan fingerprint density at radius 1 is 1.08 bits per heavy atom. The maximum Gasteiger partial charge on any atom is 0.417 e. The van der Waals surface area contributed by atoms with Crippen LogP contribution in [0, 0.1) is 0 Å². The second-order valence-corrected chi connectivity index (χ2v) is 6.05. The molecule has 0 unspecified atom stereocenters. The van der Waals surface area contributed by atoms with Crippen LogP contribution in [0.25, 0.3) is 21.2 Å². The zero-order chi connectivity index (χ0) is 17.5. The van der Waals surface area contributed by atoms with Gasteiger partial charge in [0.1, 0.15) is 5.56 Å². The van der Waals surface area contributed by atoms with Crippen LogP contribution in [0.4, 0.5) is 13.2 Å². The van der Waals surface area contributed by atoms with E-state index in [1.165, 1.54) is 36.4 Å². The molecule has 0 atom stereocenters. The maximum atomic E-state index is 13.2. The smallest absolute Gasteiger partial charge is 0.417 e. The summed E-state index contributed by atoms with van der Waals surface area (Å²) in [6, 6.07) is 9.26. The largest absolute Gasteiger partial charge is 0.499 e. The first-order valence-electron chi connectivity index (χ1n) is 6.74. The van der Waals surface area contributed by atoms with Crippen molar-refractivity contribution in [3.05, 3.63) is 63.8 Å². The van der Waals surface area contributed by atoms with Gasteiger partial charge in [0.05, 0.1) is 5.56 Å². The second-order valence-electron chi connectivity index (χ2n) is 5.02. The van der Waals surface area contributed by atoms with Crippen LogP contribution in [-0.4, -0.2) is 11.4 Å². The molecule has 0 amide bonds. The molecule has 2 aromatic carbocycles. The maximum absolute atomic E-state index is 13.2. The highest BCUT2D eigenvalue weighted by molar-refractivity contribution is 7.20. The second kappa shape index (κ2) is 5.76. The van der Waals surface area contributed by atoms with Gasteiger partial charge in [0.2, 0.25) is 5.43 Å². The Balaban J connectivity index is 2.31. The van der Waals surface area contributed by atoms with Gasteiger partial charge in [-0.2, -0.15) is 13.2 Å². The molecule has 1 aromatic heterocycles. The van der Waals surface area contributed by atoms with Gasteiger partial charge in [0.25, 0.3) is 0 Å². The van der Waals surface area contributed by atoms with E-state index >= 15 is 0 Å². The van der Waals surface area contributed by atoms with Crippen molar-refractivity contribution in [3.8, 4) is 16.2 Å². The van der Waals surface area contributed by atoms with Crippen LogP contribution in [0.15, 0.2) is 47.3 Å². The van der Waals surface area contributed by atoms with Crippen LogP contribution >= 0.6 is 11.3 Å². The number of hydrogen-bond donors (Lipinski definition) is 1. The van der Waals surface area contributed by atoms with E-state index in [0.717, 1.165) is 17.4 Å². The van der Waals surface area contributed by atoms with Gasteiger partial charge in [-0.05, 0) is 29.3 Å². The van der Waals surface area contributed by atoms with Gasteiger partial charge in [-0.1, -0.05) is 35.6 Å². The van der Waals surface area contributed by atoms with Crippen molar-refractivity contribution in [2.24, 2.45) is 0 Å². The molecular weight excluding hydrogens is 341 g/mol. The molecule has 0 aliphatic rings. The Bertz CT molecular complexity index is 1010. The average molecular weight is 350 g/mol. The van der Waals surface area contributed by atoms with E-state index in [9.17, 15) is 27.9 Å². The van der Waals surface area contributed by atoms with E-state index < -0.39 is 27.8 Å². The Morgan fingerprint density at radius 3 is 2.46 bits per heavy atom. The fourth-order valence-corrected chi connectivity index (χ4v) is 3.31. The number of rotatable bonds is 2. The van der Waals surface area contributed by atoms with E-state index in [-0.39, 0.29) is 22.8 Å². The number of alkyl halides is 3. The summed E-state index contributed by atoms with van der Waals surface area (Å²) in [6.45, 7) is 0. The first-order valence-corrected chi connectivity index (χ1v) is 7.56. The van der Waals surface area contributed by atoms with Crippen LogP contribution in [0.3, 0.4) is 0 Å². The van der Waals surface area contributed by atoms with Gasteiger partial charge >= 0.3 is 6.18 Å². The summed E-state index contributed by atoms with van der Waals surface area (Å²) < 4.78 is 39.9. The van der Waals surface area contributed by atoms with Crippen molar-refractivity contribution < 1.29 is 23.1 Å².